The smallest absolute Gasteiger partial charge is 0.0732 e. The molecular weight excluding hydrogens is 200 g/mol. The molecule has 1 aromatic carbocycles. The molecule has 2 heteroatoms. The predicted octanol–water partition coefficient (Wildman–Crippen LogP) is 2.34. The van der Waals surface area contributed by atoms with Crippen molar-refractivity contribution in [3.05, 3.63) is 34.9 Å². The van der Waals surface area contributed by atoms with Crippen LogP contribution in [0.25, 0.3) is 0 Å². The molecule has 0 amide bonds. The molecule has 0 aliphatic carbocycles. The number of aliphatic hydroxyl groups is 1. The summed E-state index contributed by atoms with van der Waals surface area (Å²) in [6.07, 6.45) is 0. The lowest BCUT2D eigenvalue weighted by atomic mass is 9.67. The summed E-state index contributed by atoms with van der Waals surface area (Å²) in [6.45, 7) is 9.16. The lowest BCUT2D eigenvalue weighted by Gasteiger charge is -2.50. The summed E-state index contributed by atoms with van der Waals surface area (Å²) in [5.41, 5.74) is 2.77. The lowest BCUT2D eigenvalue weighted by Crippen LogP contribution is -2.60. The van der Waals surface area contributed by atoms with Crippen molar-refractivity contribution in [2.24, 2.45) is 0 Å². The van der Waals surface area contributed by atoms with E-state index >= 15 is 0 Å². The van der Waals surface area contributed by atoms with Crippen LogP contribution in [0, 0.1) is 13.8 Å². The van der Waals surface area contributed by atoms with Crippen LogP contribution in [-0.4, -0.2) is 23.9 Å². The van der Waals surface area contributed by atoms with Gasteiger partial charge in [-0.15, -0.1) is 0 Å². The second-order valence-electron chi connectivity index (χ2n) is 5.43. The number of rotatable bonds is 2. The fourth-order valence-electron chi connectivity index (χ4n) is 2.22. The summed E-state index contributed by atoms with van der Waals surface area (Å²) in [5, 5.41) is 10.3. The van der Waals surface area contributed by atoms with E-state index in [-0.39, 0.29) is 5.41 Å². The highest BCUT2D eigenvalue weighted by molar-refractivity contribution is 5.38. The molecule has 16 heavy (non-hydrogen) atoms. The number of hydrogen-bond donors (Lipinski definition) is 1. The van der Waals surface area contributed by atoms with Crippen LogP contribution in [0.4, 0.5) is 0 Å². The van der Waals surface area contributed by atoms with Gasteiger partial charge in [0.2, 0.25) is 0 Å². The average molecular weight is 220 g/mol. The molecule has 0 saturated carbocycles. The largest absolute Gasteiger partial charge is 0.389 e. The van der Waals surface area contributed by atoms with E-state index in [4.69, 9.17) is 4.74 Å². The molecule has 2 nitrogen and oxygen atoms in total. The van der Waals surface area contributed by atoms with E-state index in [2.05, 4.69) is 32.0 Å². The minimum absolute atomic E-state index is 0.231. The number of aryl methyl sites for hydroxylation is 2. The molecule has 2 rings (SSSR count). The molecule has 1 fully saturated rings. The molecule has 1 heterocycles. The quantitative estimate of drug-likeness (QED) is 0.829. The minimum atomic E-state index is -0.743. The van der Waals surface area contributed by atoms with Gasteiger partial charge in [0.25, 0.3) is 0 Å². The van der Waals surface area contributed by atoms with Crippen molar-refractivity contribution >= 4 is 0 Å². The van der Waals surface area contributed by atoms with E-state index < -0.39 is 5.60 Å². The first-order valence-electron chi connectivity index (χ1n) is 5.75. The zero-order chi connectivity index (χ0) is 12.0. The normalized spacial score (nSPS) is 19.3. The monoisotopic (exact) mass is 220 g/mol. The highest BCUT2D eigenvalue weighted by Gasteiger charge is 2.51. The van der Waals surface area contributed by atoms with Gasteiger partial charge in [-0.1, -0.05) is 18.2 Å². The van der Waals surface area contributed by atoms with Gasteiger partial charge in [-0.05, 0) is 44.4 Å². The van der Waals surface area contributed by atoms with Crippen molar-refractivity contribution < 1.29 is 9.84 Å². The van der Waals surface area contributed by atoms with E-state index in [0.717, 1.165) is 0 Å². The van der Waals surface area contributed by atoms with Gasteiger partial charge in [-0.2, -0.15) is 0 Å². The Morgan fingerprint density at radius 3 is 2.19 bits per heavy atom. The van der Waals surface area contributed by atoms with E-state index in [9.17, 15) is 5.11 Å². The van der Waals surface area contributed by atoms with Crippen LogP contribution in [0.2, 0.25) is 0 Å². The van der Waals surface area contributed by atoms with Gasteiger partial charge in [-0.3, -0.25) is 0 Å². The molecule has 1 aliphatic rings. The highest BCUT2D eigenvalue weighted by Crippen LogP contribution is 2.42. The van der Waals surface area contributed by atoms with Crippen molar-refractivity contribution in [2.75, 3.05) is 13.2 Å². The third kappa shape index (κ3) is 1.57. The maximum absolute atomic E-state index is 10.3. The molecule has 0 aromatic heterocycles. The molecular formula is C14H20O2. The van der Waals surface area contributed by atoms with Crippen LogP contribution in [0.15, 0.2) is 18.2 Å². The van der Waals surface area contributed by atoms with Gasteiger partial charge in [-0.25, -0.2) is 0 Å². The van der Waals surface area contributed by atoms with Crippen LogP contribution in [-0.2, 0) is 10.2 Å². The lowest BCUT2D eigenvalue weighted by molar-refractivity contribution is -0.157. The van der Waals surface area contributed by atoms with Crippen LogP contribution in [0.5, 0.6) is 0 Å². The molecule has 0 bridgehead atoms. The van der Waals surface area contributed by atoms with Gasteiger partial charge >= 0.3 is 0 Å². The van der Waals surface area contributed by atoms with Crippen LogP contribution >= 0.6 is 0 Å². The number of hydrogen-bond acceptors (Lipinski definition) is 2. The molecule has 1 aliphatic heterocycles. The van der Waals surface area contributed by atoms with E-state index in [1.807, 2.05) is 13.8 Å². The SMILES string of the molecule is Cc1ccc(C2(C(C)(C)O)COC2)cc1C. The van der Waals surface area contributed by atoms with Gasteiger partial charge in [0.05, 0.1) is 24.2 Å². The van der Waals surface area contributed by atoms with Gasteiger partial charge in [0, 0.05) is 0 Å². The van der Waals surface area contributed by atoms with Crippen LogP contribution in [0.1, 0.15) is 30.5 Å². The molecule has 1 saturated heterocycles. The van der Waals surface area contributed by atoms with E-state index in [1.54, 1.807) is 0 Å². The van der Waals surface area contributed by atoms with Gasteiger partial charge in [0.15, 0.2) is 0 Å². The van der Waals surface area contributed by atoms with Crippen LogP contribution in [0.3, 0.4) is 0 Å². The van der Waals surface area contributed by atoms with Gasteiger partial charge in [0.1, 0.15) is 0 Å². The standard InChI is InChI=1S/C14H20O2/c1-10-5-6-12(7-11(10)2)14(8-16-9-14)13(3,4)15/h5-7,15H,8-9H2,1-4H3. The number of ether oxygens (including phenoxy) is 1. The van der Waals surface area contributed by atoms with Crippen molar-refractivity contribution in [1.82, 2.24) is 0 Å². The second kappa shape index (κ2) is 3.57. The molecule has 0 atom stereocenters. The Kier molecular flexibility index (Phi) is 2.59. The Morgan fingerprint density at radius 1 is 1.19 bits per heavy atom. The van der Waals surface area contributed by atoms with Crippen molar-refractivity contribution in [3.63, 3.8) is 0 Å². The Labute approximate surface area is 97.3 Å². The average Bonchev–Trinajstić information content (AvgIpc) is 2.06. The highest BCUT2D eigenvalue weighted by atomic mass is 16.5. The first kappa shape index (κ1) is 11.6. The summed E-state index contributed by atoms with van der Waals surface area (Å²) < 4.78 is 5.33. The fourth-order valence-corrected chi connectivity index (χ4v) is 2.22. The minimum Gasteiger partial charge on any atom is -0.389 e. The van der Waals surface area contributed by atoms with Gasteiger partial charge < -0.3 is 9.84 Å². The second-order valence-corrected chi connectivity index (χ2v) is 5.43. The maximum Gasteiger partial charge on any atom is 0.0732 e. The molecule has 0 unspecified atom stereocenters. The summed E-state index contributed by atoms with van der Waals surface area (Å²) in [4.78, 5) is 0. The Bertz CT molecular complexity index is 398. The fraction of sp³-hybridized carbons (Fsp3) is 0.571. The summed E-state index contributed by atoms with van der Waals surface area (Å²) in [6, 6.07) is 6.41. The van der Waals surface area contributed by atoms with E-state index in [0.29, 0.717) is 13.2 Å². The third-order valence-corrected chi connectivity index (χ3v) is 3.93. The molecule has 0 spiro atoms. The third-order valence-electron chi connectivity index (χ3n) is 3.93. The summed E-state index contributed by atoms with van der Waals surface area (Å²) in [7, 11) is 0. The predicted molar refractivity (Wildman–Crippen MR) is 64.7 cm³/mol. The Morgan fingerprint density at radius 2 is 1.81 bits per heavy atom. The molecule has 88 valence electrons. The van der Waals surface area contributed by atoms with Crippen molar-refractivity contribution in [1.29, 1.82) is 0 Å². The topological polar surface area (TPSA) is 29.5 Å². The Balaban J connectivity index is 2.45. The first-order chi connectivity index (χ1) is 7.37. The van der Waals surface area contributed by atoms with Crippen LogP contribution < -0.4 is 0 Å². The van der Waals surface area contributed by atoms with Crippen molar-refractivity contribution in [2.45, 2.75) is 38.7 Å². The zero-order valence-electron chi connectivity index (χ0n) is 10.5. The number of benzene rings is 1. The van der Waals surface area contributed by atoms with E-state index in [1.165, 1.54) is 16.7 Å². The zero-order valence-corrected chi connectivity index (χ0v) is 10.5. The summed E-state index contributed by atoms with van der Waals surface area (Å²) in [5.74, 6) is 0. The molecule has 0 radical (unpaired) electrons. The maximum atomic E-state index is 10.3. The van der Waals surface area contributed by atoms with Crippen molar-refractivity contribution in [3.8, 4) is 0 Å². The first-order valence-corrected chi connectivity index (χ1v) is 5.75. The molecule has 1 aromatic rings. The molecule has 1 N–H and O–H groups in total. The Hall–Kier alpha value is -0.860. The summed E-state index contributed by atoms with van der Waals surface area (Å²) >= 11 is 0.